The SMILES string of the molecule is CC(=O)OOC(C)=O.COc1cc(-c2cccc(-c3cccc(Nc4nccc5nccnc45)c3C)c2C)cc(F)c1C=O.COc1cc(-c2cccc(-c3cccc(Nc4nccc5nccnc45)c3C)c2C)cc(F)c1CN[C@H]1CNC(=O)C1.N[C@H]1CNC(=O)C1.[B-]OC(C)=O.[Na+]. The largest absolute Gasteiger partial charge is 1.00 e. The van der Waals surface area contributed by atoms with Gasteiger partial charge in [-0.25, -0.2) is 48.1 Å². The van der Waals surface area contributed by atoms with Gasteiger partial charge in [-0.05, 0) is 143 Å². The van der Waals surface area contributed by atoms with Crippen LogP contribution in [0.2, 0.25) is 0 Å². The van der Waals surface area contributed by atoms with Gasteiger partial charge >= 0.3 is 41.5 Å². The van der Waals surface area contributed by atoms with E-state index >= 15 is 4.39 Å². The van der Waals surface area contributed by atoms with Crippen LogP contribution in [0.3, 0.4) is 0 Å². The quantitative estimate of drug-likeness (QED) is 0.0260. The number of fused-ring (bicyclic) bond motifs is 2. The number of benzene rings is 6. The summed E-state index contributed by atoms with van der Waals surface area (Å²) in [5.74, 6) is -0.696. The van der Waals surface area contributed by atoms with Gasteiger partial charge in [0.25, 0.3) is 0 Å². The van der Waals surface area contributed by atoms with Crippen LogP contribution in [-0.4, -0.2) is 113 Å². The minimum absolute atomic E-state index is 0. The van der Waals surface area contributed by atoms with Crippen molar-refractivity contribution in [2.24, 2.45) is 5.73 Å². The molecule has 6 aromatic carbocycles. The summed E-state index contributed by atoms with van der Waals surface area (Å²) in [4.78, 5) is 96.5. The molecule has 6 heterocycles. The molecule has 12 rings (SSSR count). The predicted octanol–water partition coefficient (Wildman–Crippen LogP) is 8.02. The van der Waals surface area contributed by atoms with Gasteiger partial charge in [-0.1, -0.05) is 60.7 Å². The molecule has 0 saturated carbocycles. The van der Waals surface area contributed by atoms with Gasteiger partial charge < -0.3 is 54.5 Å². The molecule has 2 saturated heterocycles. The first-order chi connectivity index (χ1) is 47.1. The van der Waals surface area contributed by atoms with E-state index < -0.39 is 23.7 Å². The average molecular weight is 1350 g/mol. The van der Waals surface area contributed by atoms with E-state index in [0.29, 0.717) is 71.8 Å². The maximum Gasteiger partial charge on any atom is 1.00 e. The van der Waals surface area contributed by atoms with Crippen molar-refractivity contribution in [2.45, 2.75) is 79.9 Å². The maximum absolute atomic E-state index is 15.5. The Labute approximate surface area is 593 Å². The Balaban J connectivity index is 0.000000217. The Hall–Kier alpha value is -10.6. The Morgan fingerprint density at radius 3 is 1.39 bits per heavy atom. The topological polar surface area (TPSA) is 312 Å². The number of aldehydes is 1. The first-order valence-corrected chi connectivity index (χ1v) is 30.6. The average Bonchev–Trinajstić information content (AvgIpc) is 1.09. The number of methoxy groups -OCH3 is 2. The first-order valence-electron chi connectivity index (χ1n) is 30.6. The molecule has 0 aliphatic carbocycles. The monoisotopic (exact) mass is 1350 g/mol. The molecule has 503 valence electrons. The van der Waals surface area contributed by atoms with Crippen LogP contribution in [0.4, 0.5) is 31.8 Å². The molecule has 0 spiro atoms. The van der Waals surface area contributed by atoms with Crippen LogP contribution in [0.25, 0.3) is 66.6 Å². The molecule has 2 fully saturated rings. The Kier molecular flexibility index (Phi) is 27.6. The summed E-state index contributed by atoms with van der Waals surface area (Å²) in [6.45, 7) is 13.1. The molecule has 3 radical (unpaired) electrons. The van der Waals surface area contributed by atoms with Crippen LogP contribution >= 0.6 is 0 Å². The van der Waals surface area contributed by atoms with Gasteiger partial charge in [-0.15, -0.1) is 0 Å². The number of anilines is 4. The van der Waals surface area contributed by atoms with E-state index in [4.69, 9.17) is 15.2 Å². The molecule has 2 atom stereocenters. The summed E-state index contributed by atoms with van der Waals surface area (Å²) in [6.07, 6.45) is 11.4. The van der Waals surface area contributed by atoms with Gasteiger partial charge in [-0.3, -0.25) is 29.1 Å². The van der Waals surface area contributed by atoms with Crippen LogP contribution in [0.15, 0.2) is 146 Å². The molecular weight excluding hydrogens is 1280 g/mol. The number of carbonyl (C=O) groups is 6. The second kappa shape index (κ2) is 36.1. The van der Waals surface area contributed by atoms with E-state index in [-0.39, 0.29) is 77.1 Å². The van der Waals surface area contributed by atoms with Crippen molar-refractivity contribution in [1.82, 2.24) is 45.9 Å². The molecule has 0 unspecified atom stereocenters. The molecule has 23 nitrogen and oxygen atoms in total. The molecule has 2 aliphatic heterocycles. The Morgan fingerprint density at radius 2 is 0.990 bits per heavy atom. The van der Waals surface area contributed by atoms with Gasteiger partial charge in [0.05, 0.1) is 30.8 Å². The minimum atomic E-state index is -0.639. The zero-order chi connectivity index (χ0) is 70.6. The fourth-order valence-corrected chi connectivity index (χ4v) is 10.7. The predicted molar refractivity (Wildman–Crippen MR) is 368 cm³/mol. The van der Waals surface area contributed by atoms with E-state index in [9.17, 15) is 33.2 Å². The van der Waals surface area contributed by atoms with Crippen LogP contribution in [0.1, 0.15) is 71.8 Å². The number of nitrogens with two attached hydrogens (primary N) is 1. The normalized spacial score (nSPS) is 13.3. The zero-order valence-corrected chi connectivity index (χ0v) is 58.2. The van der Waals surface area contributed by atoms with Crippen LogP contribution in [-0.2, 0) is 44.9 Å². The van der Waals surface area contributed by atoms with Crippen molar-refractivity contribution >= 4 is 89.1 Å². The molecule has 2 aliphatic rings. The number of rotatable bonds is 14. The van der Waals surface area contributed by atoms with Crippen LogP contribution in [0.5, 0.6) is 11.5 Å². The third kappa shape index (κ3) is 19.8. The number of amides is 2. The fourth-order valence-electron chi connectivity index (χ4n) is 10.7. The third-order valence-corrected chi connectivity index (χ3v) is 15.6. The van der Waals surface area contributed by atoms with Crippen molar-refractivity contribution in [3.8, 4) is 56.0 Å². The summed E-state index contributed by atoms with van der Waals surface area (Å²) in [7, 11) is 7.29. The summed E-state index contributed by atoms with van der Waals surface area (Å²) in [5.41, 5.74) is 21.8. The van der Waals surface area contributed by atoms with Crippen molar-refractivity contribution < 1.29 is 91.0 Å². The minimum Gasteiger partial charge on any atom is -0.793 e. The molecule has 7 N–H and O–H groups in total. The van der Waals surface area contributed by atoms with Gasteiger partial charge in [-0.2, -0.15) is 0 Å². The molecular formula is C72H71BF2N12NaO11. The van der Waals surface area contributed by atoms with E-state index in [1.807, 2.05) is 86.6 Å². The number of nitrogens with zero attached hydrogens (tertiary/aromatic N) is 6. The van der Waals surface area contributed by atoms with Crippen molar-refractivity contribution in [2.75, 3.05) is 37.9 Å². The smallest absolute Gasteiger partial charge is 0.793 e. The van der Waals surface area contributed by atoms with Crippen molar-refractivity contribution in [3.05, 3.63) is 191 Å². The zero-order valence-electron chi connectivity index (χ0n) is 56.2. The van der Waals surface area contributed by atoms with E-state index in [1.165, 1.54) is 20.1 Å². The Bertz CT molecular complexity index is 4570. The number of carbonyl (C=O) groups excluding carboxylic acids is 6. The van der Waals surface area contributed by atoms with Crippen molar-refractivity contribution in [1.29, 1.82) is 0 Å². The van der Waals surface area contributed by atoms with Crippen LogP contribution in [0, 0.1) is 39.3 Å². The fraction of sp³-hybridized carbons (Fsp3) is 0.222. The summed E-state index contributed by atoms with van der Waals surface area (Å²) >= 11 is 0. The second-order valence-electron chi connectivity index (χ2n) is 22.3. The first kappa shape index (κ1) is 75.7. The van der Waals surface area contributed by atoms with E-state index in [0.717, 1.165) is 97.5 Å². The molecule has 10 aromatic rings. The number of hydrogen-bond acceptors (Lipinski definition) is 21. The van der Waals surface area contributed by atoms with Crippen LogP contribution < -0.4 is 71.3 Å². The molecule has 4 aromatic heterocycles. The Morgan fingerprint density at radius 1 is 0.566 bits per heavy atom. The summed E-state index contributed by atoms with van der Waals surface area (Å²) in [5, 5.41) is 15.5. The van der Waals surface area contributed by atoms with E-state index in [1.54, 1.807) is 56.4 Å². The van der Waals surface area contributed by atoms with Gasteiger partial charge in [0.2, 0.25) is 17.8 Å². The molecule has 2 amide bonds. The number of halogens is 2. The summed E-state index contributed by atoms with van der Waals surface area (Å²) in [6, 6.07) is 34.3. The summed E-state index contributed by atoms with van der Waals surface area (Å²) < 4.78 is 44.6. The number of ether oxygens (including phenoxy) is 2. The van der Waals surface area contributed by atoms with Crippen molar-refractivity contribution in [3.63, 3.8) is 0 Å². The van der Waals surface area contributed by atoms with Gasteiger partial charge in [0, 0.05) is 119 Å². The molecule has 27 heteroatoms. The molecule has 99 heavy (non-hydrogen) atoms. The van der Waals surface area contributed by atoms with Gasteiger partial charge in [0.1, 0.15) is 34.2 Å². The molecule has 0 bridgehead atoms. The number of nitrogens with one attached hydrogen (secondary N) is 5. The number of pyridine rings is 2. The number of aromatic nitrogens is 6. The maximum atomic E-state index is 15.5. The number of hydrogen-bond donors (Lipinski definition) is 6. The van der Waals surface area contributed by atoms with E-state index in [2.05, 4.69) is 111 Å². The van der Waals surface area contributed by atoms with Gasteiger partial charge in [0.15, 0.2) is 17.9 Å². The standard InChI is InChI=1S/C33H31FN6O2.C29H23FN4O2.C4H8N2O.C4H6O4.C2H3BO2.Na/c1-19-23(21-14-27(34)26(30(15-21)42-3)18-38-22-16-31(41)39-17-22)6-4-7-24(19)25-8-5-9-28(20(25)2)40-33-32-29(10-11-37-33)35-12-13-36-32;1-17-20(19-14-24(30)23(16-35)27(15-19)36-3)6-4-7-21(17)22-8-5-9-25(18(22)2)34-29-28-26(10-11-33-29)31-12-13-32-28;5-3-1-4(7)6-2-3;1-3(5)7-8-4(2)6;1-2(4)5-3;/h4-15,22,38H,16-18H2,1-3H3,(H,37,40)(H,39,41);4-16H,1-3H3,(H,33,34);3H,1-2,5H2,(H,6,7);1-2H3;1H3;/q;;;;-1;+1/t22-;;3-;;;/m1.1.../s1. The third-order valence-electron chi connectivity index (χ3n) is 15.6. The second-order valence-corrected chi connectivity index (χ2v) is 22.3.